The molecule has 1 aromatic carbocycles. The highest BCUT2D eigenvalue weighted by atomic mass is 32.1. The van der Waals surface area contributed by atoms with Gasteiger partial charge in [0.1, 0.15) is 16.5 Å². The van der Waals surface area contributed by atoms with Crippen LogP contribution in [0.1, 0.15) is 5.01 Å². The van der Waals surface area contributed by atoms with Gasteiger partial charge in [-0.3, -0.25) is 0 Å². The third-order valence-corrected chi connectivity index (χ3v) is 3.46. The number of nitrogens with zero attached hydrogens (tertiary/aromatic N) is 1. The van der Waals surface area contributed by atoms with Crippen molar-refractivity contribution in [3.63, 3.8) is 0 Å². The lowest BCUT2D eigenvalue weighted by atomic mass is 10.1. The molecule has 0 amide bonds. The summed E-state index contributed by atoms with van der Waals surface area (Å²) in [5.41, 5.74) is 6.56. The topological polar surface area (TPSA) is 57.4 Å². The Hall–Kier alpha value is -1.59. The average molecular weight is 250 g/mol. The Morgan fingerprint density at radius 1 is 1.29 bits per heavy atom. The SMILES string of the molecule is COc1ccc(-c2cnc(CN)s2)c(OC)c1. The lowest BCUT2D eigenvalue weighted by molar-refractivity contribution is 0.395. The van der Waals surface area contributed by atoms with Crippen LogP contribution < -0.4 is 15.2 Å². The fourth-order valence-corrected chi connectivity index (χ4v) is 2.36. The molecule has 1 heterocycles. The van der Waals surface area contributed by atoms with E-state index in [1.54, 1.807) is 25.6 Å². The highest BCUT2D eigenvalue weighted by Gasteiger charge is 2.10. The van der Waals surface area contributed by atoms with Gasteiger partial charge in [-0.2, -0.15) is 0 Å². The van der Waals surface area contributed by atoms with Gasteiger partial charge in [0.15, 0.2) is 0 Å². The molecule has 0 saturated carbocycles. The lowest BCUT2D eigenvalue weighted by Gasteiger charge is -2.08. The molecule has 0 fully saturated rings. The summed E-state index contributed by atoms with van der Waals surface area (Å²) in [7, 11) is 3.27. The maximum atomic E-state index is 5.55. The van der Waals surface area contributed by atoms with Gasteiger partial charge in [-0.05, 0) is 12.1 Å². The molecule has 2 aromatic rings. The molecule has 2 N–H and O–H groups in total. The summed E-state index contributed by atoms with van der Waals surface area (Å²) in [5.74, 6) is 1.55. The van der Waals surface area contributed by atoms with E-state index in [0.29, 0.717) is 6.54 Å². The number of ether oxygens (including phenoxy) is 2. The zero-order chi connectivity index (χ0) is 12.3. The quantitative estimate of drug-likeness (QED) is 0.904. The van der Waals surface area contributed by atoms with Gasteiger partial charge in [0.2, 0.25) is 0 Å². The molecular formula is C12H14N2O2S. The fourth-order valence-electron chi connectivity index (χ4n) is 1.53. The van der Waals surface area contributed by atoms with Crippen LogP contribution in [0.15, 0.2) is 24.4 Å². The number of nitrogens with two attached hydrogens (primary N) is 1. The van der Waals surface area contributed by atoms with Crippen LogP contribution >= 0.6 is 11.3 Å². The van der Waals surface area contributed by atoms with E-state index in [1.165, 1.54) is 0 Å². The minimum absolute atomic E-state index is 0.461. The number of benzene rings is 1. The monoisotopic (exact) mass is 250 g/mol. The Kier molecular flexibility index (Phi) is 3.61. The summed E-state index contributed by atoms with van der Waals surface area (Å²) in [4.78, 5) is 5.28. The maximum absolute atomic E-state index is 5.55. The van der Waals surface area contributed by atoms with Crippen LogP contribution in [0, 0.1) is 0 Å². The van der Waals surface area contributed by atoms with E-state index in [2.05, 4.69) is 4.98 Å². The first-order valence-corrected chi connectivity index (χ1v) is 5.97. The smallest absolute Gasteiger partial charge is 0.131 e. The van der Waals surface area contributed by atoms with Gasteiger partial charge in [-0.25, -0.2) is 4.98 Å². The van der Waals surface area contributed by atoms with Crippen LogP contribution in [0.4, 0.5) is 0 Å². The second kappa shape index (κ2) is 5.16. The van der Waals surface area contributed by atoms with E-state index in [9.17, 15) is 0 Å². The summed E-state index contributed by atoms with van der Waals surface area (Å²) in [6.07, 6.45) is 1.82. The van der Waals surface area contributed by atoms with Crippen molar-refractivity contribution < 1.29 is 9.47 Å². The molecule has 0 aliphatic heterocycles. The van der Waals surface area contributed by atoms with Crippen molar-refractivity contribution >= 4 is 11.3 Å². The number of aromatic nitrogens is 1. The molecule has 0 unspecified atom stereocenters. The fraction of sp³-hybridized carbons (Fsp3) is 0.250. The molecular weight excluding hydrogens is 236 g/mol. The Balaban J connectivity index is 2.43. The van der Waals surface area contributed by atoms with Crippen molar-refractivity contribution in [3.8, 4) is 21.9 Å². The molecule has 90 valence electrons. The van der Waals surface area contributed by atoms with Gasteiger partial charge in [0, 0.05) is 24.4 Å². The third-order valence-electron chi connectivity index (χ3n) is 2.40. The molecule has 17 heavy (non-hydrogen) atoms. The number of rotatable bonds is 4. The molecule has 0 bridgehead atoms. The molecule has 1 aromatic heterocycles. The third kappa shape index (κ3) is 2.40. The molecule has 4 nitrogen and oxygen atoms in total. The normalized spacial score (nSPS) is 10.3. The van der Waals surface area contributed by atoms with Crippen LogP contribution in [0.5, 0.6) is 11.5 Å². The Morgan fingerprint density at radius 3 is 2.71 bits per heavy atom. The lowest BCUT2D eigenvalue weighted by Crippen LogP contribution is -1.93. The van der Waals surface area contributed by atoms with E-state index >= 15 is 0 Å². The molecule has 0 saturated heterocycles. The predicted molar refractivity (Wildman–Crippen MR) is 68.5 cm³/mol. The number of methoxy groups -OCH3 is 2. The van der Waals surface area contributed by atoms with Gasteiger partial charge in [-0.1, -0.05) is 0 Å². The van der Waals surface area contributed by atoms with Crippen LogP contribution in [-0.2, 0) is 6.54 Å². The zero-order valence-electron chi connectivity index (χ0n) is 9.77. The van der Waals surface area contributed by atoms with Crippen molar-refractivity contribution in [2.24, 2.45) is 5.73 Å². The number of thiazole rings is 1. The van der Waals surface area contributed by atoms with Crippen molar-refractivity contribution in [3.05, 3.63) is 29.4 Å². The highest BCUT2D eigenvalue weighted by Crippen LogP contribution is 2.36. The Morgan fingerprint density at radius 2 is 2.12 bits per heavy atom. The first-order valence-electron chi connectivity index (χ1n) is 5.15. The Bertz CT molecular complexity index is 511. The second-order valence-electron chi connectivity index (χ2n) is 3.39. The van der Waals surface area contributed by atoms with Gasteiger partial charge in [0.05, 0.1) is 19.1 Å². The van der Waals surface area contributed by atoms with Crippen LogP contribution in [-0.4, -0.2) is 19.2 Å². The maximum Gasteiger partial charge on any atom is 0.131 e. The molecule has 0 spiro atoms. The molecule has 0 aliphatic carbocycles. The van der Waals surface area contributed by atoms with E-state index in [1.807, 2.05) is 24.4 Å². The van der Waals surface area contributed by atoms with E-state index in [-0.39, 0.29) is 0 Å². The van der Waals surface area contributed by atoms with Gasteiger partial charge in [0.25, 0.3) is 0 Å². The molecule has 2 rings (SSSR count). The summed E-state index contributed by atoms with van der Waals surface area (Å²) in [6, 6.07) is 5.72. The Labute approximate surface area is 104 Å². The highest BCUT2D eigenvalue weighted by molar-refractivity contribution is 7.15. The van der Waals surface area contributed by atoms with Crippen LogP contribution in [0.2, 0.25) is 0 Å². The van der Waals surface area contributed by atoms with Crippen molar-refractivity contribution in [2.75, 3.05) is 14.2 Å². The van der Waals surface area contributed by atoms with E-state index < -0.39 is 0 Å². The largest absolute Gasteiger partial charge is 0.497 e. The van der Waals surface area contributed by atoms with E-state index in [0.717, 1.165) is 26.9 Å². The number of hydrogen-bond acceptors (Lipinski definition) is 5. The first kappa shape index (κ1) is 11.9. The molecule has 0 radical (unpaired) electrons. The van der Waals surface area contributed by atoms with Crippen LogP contribution in [0.25, 0.3) is 10.4 Å². The van der Waals surface area contributed by atoms with Crippen molar-refractivity contribution in [2.45, 2.75) is 6.54 Å². The average Bonchev–Trinajstić information content (AvgIpc) is 2.86. The predicted octanol–water partition coefficient (Wildman–Crippen LogP) is 2.29. The minimum atomic E-state index is 0.461. The van der Waals surface area contributed by atoms with Crippen molar-refractivity contribution in [1.29, 1.82) is 0 Å². The molecule has 0 aliphatic rings. The second-order valence-corrected chi connectivity index (χ2v) is 4.50. The zero-order valence-corrected chi connectivity index (χ0v) is 10.6. The number of hydrogen-bond donors (Lipinski definition) is 1. The van der Waals surface area contributed by atoms with Crippen LogP contribution in [0.3, 0.4) is 0 Å². The molecule has 5 heteroatoms. The summed E-state index contributed by atoms with van der Waals surface area (Å²) < 4.78 is 10.5. The standard InChI is InChI=1S/C12H14N2O2S/c1-15-8-3-4-9(10(5-8)16-2)11-7-14-12(6-13)17-11/h3-5,7H,6,13H2,1-2H3. The van der Waals surface area contributed by atoms with Crippen molar-refractivity contribution in [1.82, 2.24) is 4.98 Å². The molecule has 0 atom stereocenters. The first-order chi connectivity index (χ1) is 8.28. The van der Waals surface area contributed by atoms with Gasteiger partial charge >= 0.3 is 0 Å². The van der Waals surface area contributed by atoms with Gasteiger partial charge in [-0.15, -0.1) is 11.3 Å². The summed E-state index contributed by atoms with van der Waals surface area (Å²) >= 11 is 1.57. The van der Waals surface area contributed by atoms with E-state index in [4.69, 9.17) is 15.2 Å². The van der Waals surface area contributed by atoms with Gasteiger partial charge < -0.3 is 15.2 Å². The summed E-state index contributed by atoms with van der Waals surface area (Å²) in [5, 5.41) is 0.915. The summed E-state index contributed by atoms with van der Waals surface area (Å²) in [6.45, 7) is 0.461. The minimum Gasteiger partial charge on any atom is -0.497 e.